The summed E-state index contributed by atoms with van der Waals surface area (Å²) in [5.74, 6) is 2.92. The van der Waals surface area contributed by atoms with Gasteiger partial charge in [-0.3, -0.25) is 9.78 Å². The Labute approximate surface area is 161 Å². The average Bonchev–Trinajstić information content (AvgIpc) is 3.45. The van der Waals surface area contributed by atoms with Crippen LogP contribution in [-0.4, -0.2) is 29.9 Å². The molecule has 2 aliphatic carbocycles. The van der Waals surface area contributed by atoms with Gasteiger partial charge in [-0.25, -0.2) is 4.99 Å². The van der Waals surface area contributed by atoms with Crippen LogP contribution in [0, 0.1) is 18.8 Å². The van der Waals surface area contributed by atoms with Gasteiger partial charge in [0.2, 0.25) is 5.88 Å². The molecule has 144 valence electrons. The normalized spacial score (nSPS) is 24.4. The van der Waals surface area contributed by atoms with Crippen LogP contribution in [0.4, 0.5) is 0 Å². The first-order chi connectivity index (χ1) is 13.0. The van der Waals surface area contributed by atoms with E-state index in [-0.39, 0.29) is 0 Å². The van der Waals surface area contributed by atoms with Crippen molar-refractivity contribution in [3.05, 3.63) is 41.0 Å². The number of aryl methyl sites for hydroxylation is 1. The van der Waals surface area contributed by atoms with Crippen molar-refractivity contribution in [3.63, 3.8) is 0 Å². The number of aromatic nitrogens is 1. The molecule has 2 aliphatic rings. The van der Waals surface area contributed by atoms with Gasteiger partial charge in [-0.05, 0) is 69.9 Å². The van der Waals surface area contributed by atoms with E-state index in [4.69, 9.17) is 4.74 Å². The molecule has 0 bridgehead atoms. The van der Waals surface area contributed by atoms with E-state index in [1.807, 2.05) is 13.1 Å². The number of carbonyl (C=O) groups excluding carboxylic acids is 1. The summed E-state index contributed by atoms with van der Waals surface area (Å²) in [4.78, 5) is 24.5. The second-order valence-electron chi connectivity index (χ2n) is 7.79. The quantitative estimate of drug-likeness (QED) is 0.419. The van der Waals surface area contributed by atoms with E-state index in [1.54, 1.807) is 0 Å². The van der Waals surface area contributed by atoms with Crippen LogP contribution in [0.25, 0.3) is 0 Å². The van der Waals surface area contributed by atoms with Crippen LogP contribution in [-0.2, 0) is 9.53 Å². The number of amidine groups is 1. The summed E-state index contributed by atoms with van der Waals surface area (Å²) in [5, 5.41) is 0. The maximum absolute atomic E-state index is 11.5. The predicted octanol–water partition coefficient (Wildman–Crippen LogP) is 4.62. The molecule has 0 aromatic carbocycles. The second-order valence-corrected chi connectivity index (χ2v) is 7.79. The van der Waals surface area contributed by atoms with Gasteiger partial charge in [0.25, 0.3) is 0 Å². The number of aliphatic imine (C=N–C) groups is 2. The number of nitrogens with zero attached hydrogens (tertiary/aromatic N) is 3. The largest absolute Gasteiger partial charge is 0.477 e. The lowest BCUT2D eigenvalue weighted by molar-refractivity contribution is -0.120. The van der Waals surface area contributed by atoms with Gasteiger partial charge in [0.05, 0.1) is 6.61 Å². The van der Waals surface area contributed by atoms with Gasteiger partial charge in [-0.1, -0.05) is 6.07 Å². The second kappa shape index (κ2) is 8.59. The fraction of sp³-hybridized carbons (Fsp3) is 0.545. The van der Waals surface area contributed by atoms with E-state index in [9.17, 15) is 4.79 Å². The van der Waals surface area contributed by atoms with Crippen molar-refractivity contribution in [3.8, 4) is 0 Å². The molecule has 2 saturated carbocycles. The number of Topliss-reactive ketones (excluding diaryl/α,β-unsaturated/α-hetero) is 1. The highest BCUT2D eigenvalue weighted by molar-refractivity contribution is 5.84. The molecule has 0 amide bonds. The zero-order chi connectivity index (χ0) is 19.4. The summed E-state index contributed by atoms with van der Waals surface area (Å²) < 4.78 is 6.15. The van der Waals surface area contributed by atoms with E-state index in [0.717, 1.165) is 30.5 Å². The molecule has 0 aliphatic heterocycles. The van der Waals surface area contributed by atoms with E-state index < -0.39 is 0 Å². The third-order valence-electron chi connectivity index (χ3n) is 5.66. The third kappa shape index (κ3) is 5.12. The van der Waals surface area contributed by atoms with Gasteiger partial charge < -0.3 is 4.74 Å². The molecule has 0 radical (unpaired) electrons. The fourth-order valence-corrected chi connectivity index (χ4v) is 3.64. The Morgan fingerprint density at radius 2 is 2.04 bits per heavy atom. The van der Waals surface area contributed by atoms with Crippen LogP contribution in [0.5, 0.6) is 0 Å². The first-order valence-electron chi connectivity index (χ1n) is 9.77. The molecular weight excluding hydrogens is 338 g/mol. The maximum Gasteiger partial charge on any atom is 0.214 e. The fourth-order valence-electron chi connectivity index (χ4n) is 3.64. The number of ether oxygens (including phenoxy) is 1. The SMILES string of the molecule is C=NC(C)=N/C(OC[C@H]1C[C@@H]1c1ccc(C)cn1)=C(\C)C1CCC(=O)CC1. The van der Waals surface area contributed by atoms with Gasteiger partial charge >= 0.3 is 0 Å². The molecule has 2 atom stereocenters. The molecule has 3 rings (SSSR count). The number of pyridine rings is 1. The minimum atomic E-state index is 0.354. The van der Waals surface area contributed by atoms with Crippen molar-refractivity contribution in [2.45, 2.75) is 58.8 Å². The lowest BCUT2D eigenvalue weighted by atomic mass is 9.84. The Kier molecular flexibility index (Phi) is 6.19. The van der Waals surface area contributed by atoms with Gasteiger partial charge in [-0.15, -0.1) is 0 Å². The third-order valence-corrected chi connectivity index (χ3v) is 5.66. The molecular formula is C22H29N3O2. The molecule has 0 unspecified atom stereocenters. The minimum absolute atomic E-state index is 0.354. The molecule has 5 nitrogen and oxygen atoms in total. The molecule has 0 N–H and O–H groups in total. The topological polar surface area (TPSA) is 63.9 Å². The Morgan fingerprint density at radius 3 is 2.67 bits per heavy atom. The van der Waals surface area contributed by atoms with Crippen molar-refractivity contribution in [1.29, 1.82) is 0 Å². The minimum Gasteiger partial charge on any atom is -0.477 e. The number of hydrogen-bond acceptors (Lipinski definition) is 4. The van der Waals surface area contributed by atoms with Crippen molar-refractivity contribution in [2.24, 2.45) is 21.8 Å². The van der Waals surface area contributed by atoms with E-state index >= 15 is 0 Å². The van der Waals surface area contributed by atoms with E-state index in [0.29, 0.717) is 54.7 Å². The van der Waals surface area contributed by atoms with Crippen molar-refractivity contribution in [1.82, 2.24) is 4.98 Å². The van der Waals surface area contributed by atoms with Crippen LogP contribution < -0.4 is 0 Å². The Morgan fingerprint density at radius 1 is 1.30 bits per heavy atom. The number of hydrogen-bond donors (Lipinski definition) is 0. The number of ketones is 1. The summed E-state index contributed by atoms with van der Waals surface area (Å²) in [6.07, 6.45) is 6.10. The summed E-state index contributed by atoms with van der Waals surface area (Å²) in [6.45, 7) is 10.1. The lowest BCUT2D eigenvalue weighted by Gasteiger charge is -2.23. The molecule has 2 fully saturated rings. The Hall–Kier alpha value is -2.30. The predicted molar refractivity (Wildman–Crippen MR) is 108 cm³/mol. The summed E-state index contributed by atoms with van der Waals surface area (Å²) in [6, 6.07) is 4.23. The monoisotopic (exact) mass is 367 g/mol. The van der Waals surface area contributed by atoms with Crippen LogP contribution in [0.3, 0.4) is 0 Å². The highest BCUT2D eigenvalue weighted by atomic mass is 16.5. The summed E-state index contributed by atoms with van der Waals surface area (Å²) in [7, 11) is 0. The molecule has 1 aromatic heterocycles. The zero-order valence-corrected chi connectivity index (χ0v) is 16.6. The molecule has 1 heterocycles. The molecule has 0 spiro atoms. The first kappa shape index (κ1) is 19.5. The van der Waals surface area contributed by atoms with Crippen LogP contribution >= 0.6 is 0 Å². The highest BCUT2D eigenvalue weighted by Gasteiger charge is 2.40. The zero-order valence-electron chi connectivity index (χ0n) is 16.6. The number of allylic oxidation sites excluding steroid dienone is 1. The van der Waals surface area contributed by atoms with Crippen LogP contribution in [0.2, 0.25) is 0 Å². The van der Waals surface area contributed by atoms with Crippen molar-refractivity contribution in [2.75, 3.05) is 6.61 Å². The number of rotatable bonds is 6. The lowest BCUT2D eigenvalue weighted by Crippen LogP contribution is -2.16. The van der Waals surface area contributed by atoms with Gasteiger partial charge in [-0.2, -0.15) is 4.99 Å². The standard InChI is InChI=1S/C22H29N3O2/c1-14-5-10-21(24-12-14)20-11-18(20)13-27-22(25-16(3)23-4)15(2)17-6-8-19(26)9-7-17/h5,10,12,17-18,20H,4,6-9,11,13H2,1-3H3/b22-15-,25-16?/t18-,20+/m1/s1. The van der Waals surface area contributed by atoms with E-state index in [2.05, 4.69) is 47.7 Å². The molecule has 5 heteroatoms. The van der Waals surface area contributed by atoms with E-state index in [1.165, 1.54) is 5.56 Å². The van der Waals surface area contributed by atoms with Gasteiger partial charge in [0.15, 0.2) is 0 Å². The molecule has 27 heavy (non-hydrogen) atoms. The molecule has 1 aromatic rings. The Balaban J connectivity index is 1.66. The van der Waals surface area contributed by atoms with Crippen molar-refractivity contribution < 1.29 is 9.53 Å². The van der Waals surface area contributed by atoms with Crippen LogP contribution in [0.1, 0.15) is 63.1 Å². The van der Waals surface area contributed by atoms with Gasteiger partial charge in [0.1, 0.15) is 11.6 Å². The first-order valence-corrected chi connectivity index (χ1v) is 9.77. The highest BCUT2D eigenvalue weighted by Crippen LogP contribution is 2.47. The average molecular weight is 367 g/mol. The number of carbonyl (C=O) groups is 1. The Bertz CT molecular complexity index is 754. The van der Waals surface area contributed by atoms with Crippen molar-refractivity contribution >= 4 is 18.3 Å². The maximum atomic E-state index is 11.5. The summed E-state index contributed by atoms with van der Waals surface area (Å²) in [5.41, 5.74) is 3.45. The summed E-state index contributed by atoms with van der Waals surface area (Å²) >= 11 is 0. The smallest absolute Gasteiger partial charge is 0.214 e. The molecule has 0 saturated heterocycles. The van der Waals surface area contributed by atoms with Gasteiger partial charge in [0, 0.05) is 36.6 Å². The van der Waals surface area contributed by atoms with Crippen LogP contribution in [0.15, 0.2) is 39.8 Å².